The van der Waals surface area contributed by atoms with Crippen LogP contribution in [-0.2, 0) is 6.42 Å². The number of amides is 2. The quantitative estimate of drug-likeness (QED) is 0.690. The van der Waals surface area contributed by atoms with Crippen LogP contribution < -0.4 is 0 Å². The highest BCUT2D eigenvalue weighted by Crippen LogP contribution is 2.15. The third kappa shape index (κ3) is 4.06. The molecule has 0 spiro atoms. The van der Waals surface area contributed by atoms with E-state index < -0.39 is 0 Å². The average Bonchev–Trinajstić information content (AvgIpc) is 3.33. The van der Waals surface area contributed by atoms with Crippen molar-refractivity contribution in [2.45, 2.75) is 13.3 Å². The van der Waals surface area contributed by atoms with Crippen LogP contribution in [0.25, 0.3) is 5.69 Å². The maximum Gasteiger partial charge on any atom is 0.253 e. The van der Waals surface area contributed by atoms with Gasteiger partial charge in [-0.2, -0.15) is 5.10 Å². The van der Waals surface area contributed by atoms with E-state index in [4.69, 9.17) is 0 Å². The summed E-state index contributed by atoms with van der Waals surface area (Å²) < 4.78 is 1.76. The SMILES string of the molecule is CCc1ccc(C(=O)N2CCN(C(=O)c3ccc(-n4cccn4)cc3)CC2)cc1. The van der Waals surface area contributed by atoms with Crippen molar-refractivity contribution < 1.29 is 9.59 Å². The van der Waals surface area contributed by atoms with Crippen molar-refractivity contribution in [2.24, 2.45) is 0 Å². The highest BCUT2D eigenvalue weighted by Gasteiger charge is 2.25. The van der Waals surface area contributed by atoms with Gasteiger partial charge in [-0.1, -0.05) is 19.1 Å². The summed E-state index contributed by atoms with van der Waals surface area (Å²) >= 11 is 0. The maximum atomic E-state index is 12.8. The average molecular weight is 388 g/mol. The molecule has 2 aromatic carbocycles. The van der Waals surface area contributed by atoms with Crippen LogP contribution in [0, 0.1) is 0 Å². The molecule has 0 N–H and O–H groups in total. The Balaban J connectivity index is 1.36. The molecule has 1 saturated heterocycles. The molecule has 0 bridgehead atoms. The summed E-state index contributed by atoms with van der Waals surface area (Å²) in [5.74, 6) is 0.0275. The summed E-state index contributed by atoms with van der Waals surface area (Å²) in [6, 6.07) is 17.1. The highest BCUT2D eigenvalue weighted by atomic mass is 16.2. The number of hydrogen-bond donors (Lipinski definition) is 0. The fourth-order valence-electron chi connectivity index (χ4n) is 3.54. The molecule has 4 rings (SSSR count). The first kappa shape index (κ1) is 18.9. The van der Waals surface area contributed by atoms with Gasteiger partial charge in [0, 0.05) is 49.7 Å². The Kier molecular flexibility index (Phi) is 5.42. The molecule has 0 radical (unpaired) electrons. The molecule has 1 aromatic heterocycles. The standard InChI is InChI=1S/C23H24N4O2/c1-2-18-4-6-19(7-5-18)22(28)25-14-16-26(17-15-25)23(29)20-8-10-21(11-9-20)27-13-3-12-24-27/h3-13H,2,14-17H2,1H3. The number of piperazine rings is 1. The number of aryl methyl sites for hydroxylation is 1. The van der Waals surface area contributed by atoms with Crippen molar-refractivity contribution in [1.82, 2.24) is 19.6 Å². The van der Waals surface area contributed by atoms with Gasteiger partial charge >= 0.3 is 0 Å². The molecule has 0 unspecified atom stereocenters. The molecule has 1 fully saturated rings. The van der Waals surface area contributed by atoms with E-state index in [1.54, 1.807) is 10.9 Å². The molecule has 6 nitrogen and oxygen atoms in total. The minimum Gasteiger partial charge on any atom is -0.335 e. The van der Waals surface area contributed by atoms with Crippen LogP contribution in [0.15, 0.2) is 67.0 Å². The Hall–Kier alpha value is -3.41. The van der Waals surface area contributed by atoms with Crippen molar-refractivity contribution in [3.63, 3.8) is 0 Å². The third-order valence-corrected chi connectivity index (χ3v) is 5.35. The van der Waals surface area contributed by atoms with Gasteiger partial charge < -0.3 is 9.80 Å². The summed E-state index contributed by atoms with van der Waals surface area (Å²) in [6.07, 6.45) is 4.54. The number of rotatable bonds is 4. The monoisotopic (exact) mass is 388 g/mol. The van der Waals surface area contributed by atoms with E-state index >= 15 is 0 Å². The zero-order chi connectivity index (χ0) is 20.2. The van der Waals surface area contributed by atoms with E-state index in [1.807, 2.05) is 70.6 Å². The van der Waals surface area contributed by atoms with E-state index in [-0.39, 0.29) is 11.8 Å². The smallest absolute Gasteiger partial charge is 0.253 e. The number of carbonyl (C=O) groups excluding carboxylic acids is 2. The van der Waals surface area contributed by atoms with Crippen molar-refractivity contribution in [1.29, 1.82) is 0 Å². The van der Waals surface area contributed by atoms with Crippen LogP contribution in [0.4, 0.5) is 0 Å². The van der Waals surface area contributed by atoms with E-state index in [1.165, 1.54) is 5.56 Å². The van der Waals surface area contributed by atoms with Gasteiger partial charge in [-0.05, 0) is 54.4 Å². The molecule has 2 amide bonds. The number of carbonyl (C=O) groups is 2. The first-order valence-corrected chi connectivity index (χ1v) is 9.93. The molecule has 1 aliphatic rings. The molecule has 2 heterocycles. The summed E-state index contributed by atoms with van der Waals surface area (Å²) in [4.78, 5) is 29.2. The Morgan fingerprint density at radius 3 is 1.79 bits per heavy atom. The molecular weight excluding hydrogens is 364 g/mol. The summed E-state index contributed by atoms with van der Waals surface area (Å²) in [5.41, 5.74) is 3.48. The summed E-state index contributed by atoms with van der Waals surface area (Å²) in [5, 5.41) is 4.19. The number of nitrogens with zero attached hydrogens (tertiary/aromatic N) is 4. The second-order valence-corrected chi connectivity index (χ2v) is 7.13. The number of hydrogen-bond acceptors (Lipinski definition) is 3. The lowest BCUT2D eigenvalue weighted by atomic mass is 10.1. The van der Waals surface area contributed by atoms with Gasteiger partial charge in [0.2, 0.25) is 0 Å². The molecule has 0 saturated carbocycles. The fourth-order valence-corrected chi connectivity index (χ4v) is 3.54. The number of benzene rings is 2. The van der Waals surface area contributed by atoms with Crippen LogP contribution in [0.2, 0.25) is 0 Å². The van der Waals surface area contributed by atoms with Gasteiger partial charge in [-0.15, -0.1) is 0 Å². The lowest BCUT2D eigenvalue weighted by Crippen LogP contribution is -2.50. The normalized spacial score (nSPS) is 14.1. The van der Waals surface area contributed by atoms with E-state index in [0.717, 1.165) is 12.1 Å². The van der Waals surface area contributed by atoms with E-state index in [0.29, 0.717) is 37.3 Å². The minimum absolute atomic E-state index is 0.00332. The lowest BCUT2D eigenvalue weighted by Gasteiger charge is -2.35. The second-order valence-electron chi connectivity index (χ2n) is 7.13. The van der Waals surface area contributed by atoms with Crippen molar-refractivity contribution in [3.05, 3.63) is 83.7 Å². The topological polar surface area (TPSA) is 58.4 Å². The fraction of sp³-hybridized carbons (Fsp3) is 0.261. The molecule has 0 atom stereocenters. The van der Waals surface area contributed by atoms with Crippen molar-refractivity contribution >= 4 is 11.8 Å². The Morgan fingerprint density at radius 1 is 0.828 bits per heavy atom. The molecule has 0 aliphatic carbocycles. The lowest BCUT2D eigenvalue weighted by molar-refractivity contribution is 0.0535. The van der Waals surface area contributed by atoms with Crippen LogP contribution in [-0.4, -0.2) is 57.6 Å². The molecule has 148 valence electrons. The van der Waals surface area contributed by atoms with Crippen LogP contribution in [0.5, 0.6) is 0 Å². The predicted octanol–water partition coefficient (Wildman–Crippen LogP) is 3.03. The molecule has 6 heteroatoms. The largest absolute Gasteiger partial charge is 0.335 e. The van der Waals surface area contributed by atoms with Crippen LogP contribution in [0.1, 0.15) is 33.2 Å². The first-order valence-electron chi connectivity index (χ1n) is 9.93. The van der Waals surface area contributed by atoms with E-state index in [2.05, 4.69) is 12.0 Å². The molecule has 1 aliphatic heterocycles. The van der Waals surface area contributed by atoms with Gasteiger partial charge in [-0.25, -0.2) is 4.68 Å². The molecule has 3 aromatic rings. The Bertz CT molecular complexity index is 971. The van der Waals surface area contributed by atoms with Gasteiger partial charge in [0.05, 0.1) is 5.69 Å². The van der Waals surface area contributed by atoms with Crippen molar-refractivity contribution in [2.75, 3.05) is 26.2 Å². The van der Waals surface area contributed by atoms with Gasteiger partial charge in [0.25, 0.3) is 11.8 Å². The first-order chi connectivity index (χ1) is 14.2. The summed E-state index contributed by atoms with van der Waals surface area (Å²) in [7, 11) is 0. The van der Waals surface area contributed by atoms with Crippen molar-refractivity contribution in [3.8, 4) is 5.69 Å². The highest BCUT2D eigenvalue weighted by molar-refractivity contribution is 5.96. The third-order valence-electron chi connectivity index (χ3n) is 5.35. The predicted molar refractivity (Wildman–Crippen MR) is 111 cm³/mol. The minimum atomic E-state index is -0.00332. The molecule has 29 heavy (non-hydrogen) atoms. The van der Waals surface area contributed by atoms with Gasteiger partial charge in [0.1, 0.15) is 0 Å². The molecular formula is C23H24N4O2. The summed E-state index contributed by atoms with van der Waals surface area (Å²) in [6.45, 7) is 4.27. The van der Waals surface area contributed by atoms with E-state index in [9.17, 15) is 9.59 Å². The maximum absolute atomic E-state index is 12.8. The van der Waals surface area contributed by atoms with Gasteiger partial charge in [-0.3, -0.25) is 9.59 Å². The van der Waals surface area contributed by atoms with Gasteiger partial charge in [0.15, 0.2) is 0 Å². The number of aromatic nitrogens is 2. The Labute approximate surface area is 170 Å². The van der Waals surface area contributed by atoms with Crippen LogP contribution in [0.3, 0.4) is 0 Å². The zero-order valence-corrected chi connectivity index (χ0v) is 16.5. The van der Waals surface area contributed by atoms with Crippen LogP contribution >= 0.6 is 0 Å². The zero-order valence-electron chi connectivity index (χ0n) is 16.5. The second kappa shape index (κ2) is 8.31. The Morgan fingerprint density at radius 2 is 1.34 bits per heavy atom.